The Morgan fingerprint density at radius 2 is 2.00 bits per heavy atom. The molecule has 2 fully saturated rings. The Kier molecular flexibility index (Phi) is 5.81. The van der Waals surface area contributed by atoms with Crippen LogP contribution in [-0.2, 0) is 6.54 Å². The minimum atomic E-state index is -0.133. The molecular weight excluding hydrogens is 310 g/mol. The molecule has 2 unspecified atom stereocenters. The van der Waals surface area contributed by atoms with Gasteiger partial charge in [-0.2, -0.15) is 0 Å². The Hall–Kier alpha value is -0.810. The van der Waals surface area contributed by atoms with Crippen LogP contribution in [0.25, 0.3) is 0 Å². The van der Waals surface area contributed by atoms with Crippen molar-refractivity contribution in [1.29, 1.82) is 0 Å². The van der Waals surface area contributed by atoms with Crippen LogP contribution in [0, 0.1) is 5.92 Å². The van der Waals surface area contributed by atoms with Gasteiger partial charge in [-0.25, -0.2) is 0 Å². The molecule has 0 bridgehead atoms. The summed E-state index contributed by atoms with van der Waals surface area (Å²) in [5.41, 5.74) is 2.44. The van der Waals surface area contributed by atoms with Crippen molar-refractivity contribution >= 4 is 17.3 Å². The van der Waals surface area contributed by atoms with Crippen LogP contribution in [0.3, 0.4) is 0 Å². The van der Waals surface area contributed by atoms with Crippen molar-refractivity contribution in [2.75, 3.05) is 44.7 Å². The quantitative estimate of drug-likeness (QED) is 0.865. The lowest BCUT2D eigenvalue weighted by Crippen LogP contribution is -2.45. The van der Waals surface area contributed by atoms with Crippen LogP contribution in [0.15, 0.2) is 18.2 Å². The maximum Gasteiger partial charge on any atom is 0.0580 e. The van der Waals surface area contributed by atoms with Gasteiger partial charge in [0.2, 0.25) is 0 Å². The molecule has 1 saturated carbocycles. The number of benzene rings is 1. The number of aliphatic hydroxyl groups excluding tert-OH is 1. The van der Waals surface area contributed by atoms with Crippen molar-refractivity contribution in [2.24, 2.45) is 5.92 Å². The standard InChI is InChI=1S/C18H28ClN3O/c1-21-8-10-22(11-9-21)17-6-3-5-16(19)15(17)13-20-12-14-4-2-7-18(14)23/h3,5-6,14,18,20,23H,2,4,7-13H2,1H3. The number of hydrogen-bond acceptors (Lipinski definition) is 4. The normalized spacial score (nSPS) is 26.0. The summed E-state index contributed by atoms with van der Waals surface area (Å²) in [5.74, 6) is 0.393. The van der Waals surface area contributed by atoms with E-state index in [9.17, 15) is 5.11 Å². The van der Waals surface area contributed by atoms with Crippen LogP contribution < -0.4 is 10.2 Å². The molecule has 1 aromatic rings. The highest BCUT2D eigenvalue weighted by molar-refractivity contribution is 6.31. The SMILES string of the molecule is CN1CCN(c2cccc(Cl)c2CNCC2CCCC2O)CC1. The maximum atomic E-state index is 9.95. The minimum Gasteiger partial charge on any atom is -0.393 e. The third-order valence-electron chi connectivity index (χ3n) is 5.27. The van der Waals surface area contributed by atoms with E-state index in [-0.39, 0.29) is 6.10 Å². The Bertz CT molecular complexity index is 517. The molecule has 2 aliphatic rings. The van der Waals surface area contributed by atoms with E-state index in [2.05, 4.69) is 28.2 Å². The fraction of sp³-hybridized carbons (Fsp3) is 0.667. The molecule has 0 radical (unpaired) electrons. The number of nitrogens with zero attached hydrogens (tertiary/aromatic N) is 2. The second-order valence-electron chi connectivity index (χ2n) is 6.92. The van der Waals surface area contributed by atoms with Crippen LogP contribution in [-0.4, -0.2) is 55.9 Å². The highest BCUT2D eigenvalue weighted by atomic mass is 35.5. The van der Waals surface area contributed by atoms with Gasteiger partial charge >= 0.3 is 0 Å². The first-order chi connectivity index (χ1) is 11.1. The zero-order valence-electron chi connectivity index (χ0n) is 14.0. The molecule has 5 heteroatoms. The van der Waals surface area contributed by atoms with Crippen molar-refractivity contribution in [2.45, 2.75) is 31.9 Å². The first-order valence-corrected chi connectivity index (χ1v) is 9.12. The Balaban J connectivity index is 1.63. The molecule has 3 rings (SSSR count). The van der Waals surface area contributed by atoms with Crippen LogP contribution in [0.4, 0.5) is 5.69 Å². The number of likely N-dealkylation sites (N-methyl/N-ethyl adjacent to an activating group) is 1. The molecule has 1 aliphatic heterocycles. The molecule has 128 valence electrons. The topological polar surface area (TPSA) is 38.7 Å². The lowest BCUT2D eigenvalue weighted by molar-refractivity contribution is 0.131. The van der Waals surface area contributed by atoms with Gasteiger partial charge in [0.1, 0.15) is 0 Å². The van der Waals surface area contributed by atoms with Gasteiger partial charge in [0, 0.05) is 55.5 Å². The number of piperazine rings is 1. The van der Waals surface area contributed by atoms with E-state index in [1.807, 2.05) is 12.1 Å². The smallest absolute Gasteiger partial charge is 0.0580 e. The summed E-state index contributed by atoms with van der Waals surface area (Å²) in [6, 6.07) is 6.20. The fourth-order valence-electron chi connectivity index (χ4n) is 3.70. The van der Waals surface area contributed by atoms with Crippen LogP contribution in [0.2, 0.25) is 5.02 Å². The van der Waals surface area contributed by atoms with Crippen LogP contribution >= 0.6 is 11.6 Å². The first-order valence-electron chi connectivity index (χ1n) is 8.75. The molecule has 0 amide bonds. The van der Waals surface area contributed by atoms with Gasteiger partial charge in [-0.1, -0.05) is 24.1 Å². The summed E-state index contributed by atoms with van der Waals surface area (Å²) in [6.07, 6.45) is 3.09. The van der Waals surface area contributed by atoms with Gasteiger partial charge in [-0.15, -0.1) is 0 Å². The van der Waals surface area contributed by atoms with Gasteiger partial charge in [0.15, 0.2) is 0 Å². The number of anilines is 1. The third-order valence-corrected chi connectivity index (χ3v) is 5.62. The molecule has 1 saturated heterocycles. The van der Waals surface area contributed by atoms with Crippen molar-refractivity contribution in [1.82, 2.24) is 10.2 Å². The van der Waals surface area contributed by atoms with E-state index in [0.29, 0.717) is 5.92 Å². The van der Waals surface area contributed by atoms with Gasteiger partial charge < -0.3 is 20.2 Å². The molecule has 0 aromatic heterocycles. The summed E-state index contributed by atoms with van der Waals surface area (Å²) in [7, 11) is 2.17. The van der Waals surface area contributed by atoms with E-state index in [1.165, 1.54) is 11.3 Å². The van der Waals surface area contributed by atoms with Crippen LogP contribution in [0.5, 0.6) is 0 Å². The lowest BCUT2D eigenvalue weighted by atomic mass is 10.1. The Morgan fingerprint density at radius 1 is 1.22 bits per heavy atom. The molecule has 1 heterocycles. The number of nitrogens with one attached hydrogen (secondary N) is 1. The number of hydrogen-bond donors (Lipinski definition) is 2. The van der Waals surface area contributed by atoms with E-state index in [1.54, 1.807) is 0 Å². The molecular formula is C18H28ClN3O. The first kappa shape index (κ1) is 17.0. The number of aliphatic hydroxyl groups is 1. The average Bonchev–Trinajstić information content (AvgIpc) is 2.95. The van der Waals surface area contributed by atoms with E-state index >= 15 is 0 Å². The van der Waals surface area contributed by atoms with E-state index in [4.69, 9.17) is 11.6 Å². The lowest BCUT2D eigenvalue weighted by Gasteiger charge is -2.35. The highest BCUT2D eigenvalue weighted by Gasteiger charge is 2.25. The van der Waals surface area contributed by atoms with E-state index < -0.39 is 0 Å². The zero-order chi connectivity index (χ0) is 16.2. The monoisotopic (exact) mass is 337 g/mol. The third kappa shape index (κ3) is 4.18. The largest absolute Gasteiger partial charge is 0.393 e. The molecule has 2 atom stereocenters. The second-order valence-corrected chi connectivity index (χ2v) is 7.32. The second kappa shape index (κ2) is 7.84. The molecule has 2 N–H and O–H groups in total. The predicted octanol–water partition coefficient (Wildman–Crippen LogP) is 2.34. The average molecular weight is 338 g/mol. The number of halogens is 1. The summed E-state index contributed by atoms with van der Waals surface area (Å²) in [4.78, 5) is 4.80. The maximum absolute atomic E-state index is 9.95. The van der Waals surface area contributed by atoms with Gasteiger partial charge in [0.25, 0.3) is 0 Å². The van der Waals surface area contributed by atoms with Gasteiger partial charge in [0.05, 0.1) is 6.10 Å². The summed E-state index contributed by atoms with van der Waals surface area (Å²) in [5, 5.41) is 14.3. The fourth-order valence-corrected chi connectivity index (χ4v) is 3.94. The van der Waals surface area contributed by atoms with Crippen molar-refractivity contribution < 1.29 is 5.11 Å². The summed E-state index contributed by atoms with van der Waals surface area (Å²) < 4.78 is 0. The molecule has 0 spiro atoms. The Morgan fingerprint density at radius 3 is 2.70 bits per heavy atom. The van der Waals surface area contributed by atoms with E-state index in [0.717, 1.165) is 63.6 Å². The van der Waals surface area contributed by atoms with Gasteiger partial charge in [-0.3, -0.25) is 0 Å². The number of rotatable bonds is 5. The molecule has 4 nitrogen and oxygen atoms in total. The zero-order valence-corrected chi connectivity index (χ0v) is 14.7. The van der Waals surface area contributed by atoms with Gasteiger partial charge in [-0.05, 0) is 37.9 Å². The molecule has 1 aliphatic carbocycles. The molecule has 1 aromatic carbocycles. The van der Waals surface area contributed by atoms with Crippen molar-refractivity contribution in [3.63, 3.8) is 0 Å². The van der Waals surface area contributed by atoms with Crippen molar-refractivity contribution in [3.05, 3.63) is 28.8 Å². The summed E-state index contributed by atoms with van der Waals surface area (Å²) >= 11 is 6.47. The minimum absolute atomic E-state index is 0.133. The van der Waals surface area contributed by atoms with Crippen LogP contribution in [0.1, 0.15) is 24.8 Å². The Labute approximate surface area is 144 Å². The molecule has 23 heavy (non-hydrogen) atoms. The highest BCUT2D eigenvalue weighted by Crippen LogP contribution is 2.29. The van der Waals surface area contributed by atoms with Crippen molar-refractivity contribution in [3.8, 4) is 0 Å². The predicted molar refractivity (Wildman–Crippen MR) is 96.2 cm³/mol. The summed E-state index contributed by atoms with van der Waals surface area (Å²) in [6.45, 7) is 5.91.